The number of anilines is 1. The summed E-state index contributed by atoms with van der Waals surface area (Å²) in [6, 6.07) is 10.9. The molecule has 3 aromatic rings. The smallest absolute Gasteiger partial charge is 0.326 e. The average Bonchev–Trinajstić information content (AvgIpc) is 3.65. The maximum Gasteiger partial charge on any atom is 0.326 e. The molecule has 1 heterocycles. The minimum Gasteiger partial charge on any atom is -0.481 e. The minimum atomic E-state index is -1.74. The molecule has 3 aromatic carbocycles. The third-order valence-electron chi connectivity index (χ3n) is 11.3. The number of fused-ring (bicyclic) bond motifs is 1. The summed E-state index contributed by atoms with van der Waals surface area (Å²) in [5.74, 6) is -8.26. The van der Waals surface area contributed by atoms with E-state index in [-0.39, 0.29) is 61.8 Å². The topological polar surface area (TPSA) is 325 Å². The van der Waals surface area contributed by atoms with Gasteiger partial charge in [0.1, 0.15) is 30.2 Å². The van der Waals surface area contributed by atoms with Crippen LogP contribution in [0.1, 0.15) is 86.9 Å². The van der Waals surface area contributed by atoms with Gasteiger partial charge >= 0.3 is 18.0 Å². The van der Waals surface area contributed by atoms with Gasteiger partial charge < -0.3 is 52.7 Å². The number of nitrogens with two attached hydrogens (primary N) is 2. The quantitative estimate of drug-likeness (QED) is 0.0396. The number of carbonyl (C=O) groups excluding carboxylic acids is 7. The standard InChI is InChI=1S/C46H60N10O11/c1-6-26(4)37(41(62)52-33(24-36(57)58)40(61)51-32(12-9-20-49-45(47)48)39(60)53-34(44(65)66)22-25(2)3)56-21-19-35(43(56)64)55(5)42(63)29-15-13-28(14-16-29)38(59)54-46(67)50-31-18-17-27-10-7-8-11-30(27)23-31/h7-8,10-11,13-18,23,25-26,32-35,37H,6,9,12,19-22,24H2,1-5H3,(H,51,61)(H,52,62)(H,53,60)(H,57,58)(H,65,66)(H4,47,48,49)(H2,50,54,59,67)/t26?,32-,33-,34-,35?,37?/m0/s1. The molecule has 6 atom stereocenters. The zero-order valence-corrected chi connectivity index (χ0v) is 38.1. The number of nitrogens with one attached hydrogen (secondary N) is 5. The van der Waals surface area contributed by atoms with Gasteiger partial charge in [-0.3, -0.25) is 43.9 Å². The van der Waals surface area contributed by atoms with E-state index in [1.165, 1.54) is 41.1 Å². The predicted octanol–water partition coefficient (Wildman–Crippen LogP) is 2.00. The van der Waals surface area contributed by atoms with E-state index in [1.54, 1.807) is 39.8 Å². The van der Waals surface area contributed by atoms with Crippen molar-refractivity contribution in [2.24, 2.45) is 28.3 Å². The molecule has 4 rings (SSSR count). The van der Waals surface area contributed by atoms with Crippen LogP contribution in [0.3, 0.4) is 0 Å². The molecule has 21 heteroatoms. The first kappa shape index (κ1) is 52.0. The number of nitrogens with zero attached hydrogens (tertiary/aromatic N) is 3. The van der Waals surface area contributed by atoms with Gasteiger partial charge in [-0.25, -0.2) is 9.59 Å². The Balaban J connectivity index is 1.43. The highest BCUT2D eigenvalue weighted by atomic mass is 16.4. The molecule has 1 fully saturated rings. The van der Waals surface area contributed by atoms with Gasteiger partial charge in [-0.2, -0.15) is 0 Å². The molecule has 1 saturated heterocycles. The van der Waals surface area contributed by atoms with Crippen molar-refractivity contribution in [1.29, 1.82) is 0 Å². The molecule has 1 aliphatic heterocycles. The van der Waals surface area contributed by atoms with E-state index in [2.05, 4.69) is 31.6 Å². The molecule has 0 saturated carbocycles. The van der Waals surface area contributed by atoms with E-state index in [1.807, 2.05) is 30.3 Å². The number of guanidine groups is 1. The Hall–Kier alpha value is -7.58. The molecule has 0 spiro atoms. The van der Waals surface area contributed by atoms with Crippen LogP contribution >= 0.6 is 0 Å². The number of carboxylic acid groups (broad SMARTS) is 2. The number of hydrogen-bond donors (Lipinski definition) is 9. The fourth-order valence-corrected chi connectivity index (χ4v) is 7.62. The summed E-state index contributed by atoms with van der Waals surface area (Å²) in [4.78, 5) is 125. The van der Waals surface area contributed by atoms with Gasteiger partial charge in [-0.05, 0) is 84.7 Å². The van der Waals surface area contributed by atoms with E-state index in [4.69, 9.17) is 11.5 Å². The Kier molecular flexibility index (Phi) is 18.7. The first-order valence-corrected chi connectivity index (χ1v) is 21.9. The molecule has 1 aliphatic rings. The lowest BCUT2D eigenvalue weighted by molar-refractivity contribution is -0.145. The maximum atomic E-state index is 14.1. The summed E-state index contributed by atoms with van der Waals surface area (Å²) in [6.07, 6.45) is -0.276. The predicted molar refractivity (Wildman–Crippen MR) is 247 cm³/mol. The van der Waals surface area contributed by atoms with Crippen LogP contribution in [0.5, 0.6) is 0 Å². The van der Waals surface area contributed by atoms with Crippen LogP contribution < -0.4 is 38.1 Å². The van der Waals surface area contributed by atoms with Gasteiger partial charge in [-0.15, -0.1) is 0 Å². The second-order valence-corrected chi connectivity index (χ2v) is 16.8. The lowest BCUT2D eigenvalue weighted by Gasteiger charge is -2.33. The highest BCUT2D eigenvalue weighted by molar-refractivity contribution is 6.09. The maximum absolute atomic E-state index is 14.1. The van der Waals surface area contributed by atoms with Crippen molar-refractivity contribution in [3.8, 4) is 0 Å². The van der Waals surface area contributed by atoms with Crippen LogP contribution in [-0.4, -0.2) is 130 Å². The molecular formula is C46H60N10O11. The van der Waals surface area contributed by atoms with Gasteiger partial charge in [0, 0.05) is 37.0 Å². The molecule has 8 amide bonds. The number of aliphatic carboxylic acids is 2. The zero-order chi connectivity index (χ0) is 49.5. The van der Waals surface area contributed by atoms with Crippen LogP contribution in [0.2, 0.25) is 0 Å². The van der Waals surface area contributed by atoms with Gasteiger partial charge in [0.2, 0.25) is 23.6 Å². The van der Waals surface area contributed by atoms with Gasteiger partial charge in [0.05, 0.1) is 6.42 Å². The fraction of sp³-hybridized carbons (Fsp3) is 0.435. The summed E-state index contributed by atoms with van der Waals surface area (Å²) in [6.45, 7) is 7.08. The Bertz CT molecular complexity index is 2350. The second kappa shape index (κ2) is 24.1. The Morgan fingerprint density at radius 1 is 0.821 bits per heavy atom. The third-order valence-corrected chi connectivity index (χ3v) is 11.3. The molecule has 360 valence electrons. The number of hydrogen-bond acceptors (Lipinski definition) is 10. The number of rotatable bonds is 22. The Labute approximate surface area is 387 Å². The molecule has 0 aromatic heterocycles. The first-order valence-electron chi connectivity index (χ1n) is 21.9. The molecule has 0 radical (unpaired) electrons. The SMILES string of the molecule is CCC(C)C(C(=O)N[C@@H](CC(=O)O)C(=O)N[C@@H](CCCN=C(N)N)C(=O)N[C@@H](CC(C)C)C(=O)O)N1CCC(N(C)C(=O)c2ccc(C(=O)NC(=O)Nc3ccc4ccccc4c3)cc2)C1=O. The van der Waals surface area contributed by atoms with E-state index >= 15 is 0 Å². The third kappa shape index (κ3) is 14.7. The largest absolute Gasteiger partial charge is 0.481 e. The summed E-state index contributed by atoms with van der Waals surface area (Å²) in [7, 11) is 1.42. The summed E-state index contributed by atoms with van der Waals surface area (Å²) < 4.78 is 0. The molecule has 11 N–H and O–H groups in total. The lowest BCUT2D eigenvalue weighted by Crippen LogP contribution is -2.59. The number of carboxylic acids is 2. The van der Waals surface area contributed by atoms with Gasteiger partial charge in [0.25, 0.3) is 11.8 Å². The van der Waals surface area contributed by atoms with Crippen molar-refractivity contribution in [2.75, 3.05) is 25.5 Å². The molecule has 67 heavy (non-hydrogen) atoms. The van der Waals surface area contributed by atoms with Crippen molar-refractivity contribution < 1.29 is 53.4 Å². The fourth-order valence-electron chi connectivity index (χ4n) is 7.62. The zero-order valence-electron chi connectivity index (χ0n) is 38.1. The van der Waals surface area contributed by atoms with Crippen molar-refractivity contribution in [3.63, 3.8) is 0 Å². The number of likely N-dealkylation sites (N-methyl/N-ethyl adjacent to an activating group) is 1. The molecule has 0 bridgehead atoms. The van der Waals surface area contributed by atoms with E-state index in [9.17, 15) is 53.4 Å². The number of benzene rings is 3. The van der Waals surface area contributed by atoms with Crippen LogP contribution in [0, 0.1) is 11.8 Å². The number of likely N-dealkylation sites (tertiary alicyclic amines) is 1. The number of amides is 8. The number of aliphatic imine (C=N–C) groups is 1. The van der Waals surface area contributed by atoms with Crippen molar-refractivity contribution >= 4 is 75.8 Å². The molecular weight excluding hydrogens is 869 g/mol. The minimum absolute atomic E-state index is 0.0267. The summed E-state index contributed by atoms with van der Waals surface area (Å²) in [5.41, 5.74) is 11.5. The number of imide groups is 1. The van der Waals surface area contributed by atoms with Crippen molar-refractivity contribution in [1.82, 2.24) is 31.1 Å². The highest BCUT2D eigenvalue weighted by Crippen LogP contribution is 2.26. The number of urea groups is 1. The first-order chi connectivity index (χ1) is 31.7. The van der Waals surface area contributed by atoms with Gasteiger partial charge in [-0.1, -0.05) is 64.4 Å². The van der Waals surface area contributed by atoms with Crippen LogP contribution in [0.25, 0.3) is 10.8 Å². The Morgan fingerprint density at radius 3 is 2.04 bits per heavy atom. The van der Waals surface area contributed by atoms with E-state index in [0.717, 1.165) is 10.8 Å². The summed E-state index contributed by atoms with van der Waals surface area (Å²) in [5, 5.41) is 33.6. The molecule has 21 nitrogen and oxygen atoms in total. The van der Waals surface area contributed by atoms with Crippen LogP contribution in [0.4, 0.5) is 10.5 Å². The van der Waals surface area contributed by atoms with E-state index in [0.29, 0.717) is 12.1 Å². The van der Waals surface area contributed by atoms with Crippen molar-refractivity contribution in [2.45, 2.75) is 96.4 Å². The molecule has 3 unspecified atom stereocenters. The van der Waals surface area contributed by atoms with Crippen molar-refractivity contribution in [3.05, 3.63) is 77.9 Å². The molecule has 0 aliphatic carbocycles. The lowest BCUT2D eigenvalue weighted by atomic mass is 9.96. The monoisotopic (exact) mass is 928 g/mol. The van der Waals surface area contributed by atoms with Crippen LogP contribution in [-0.2, 0) is 28.8 Å². The Morgan fingerprint density at radius 2 is 1.43 bits per heavy atom. The van der Waals surface area contributed by atoms with Gasteiger partial charge in [0.15, 0.2) is 5.96 Å². The summed E-state index contributed by atoms with van der Waals surface area (Å²) >= 11 is 0. The van der Waals surface area contributed by atoms with Crippen LogP contribution in [0.15, 0.2) is 71.7 Å². The second-order valence-electron chi connectivity index (χ2n) is 16.8. The highest BCUT2D eigenvalue weighted by Gasteiger charge is 2.44. The normalized spacial score (nSPS) is 15.6. The average molecular weight is 929 g/mol. The number of carbonyl (C=O) groups is 9. The van der Waals surface area contributed by atoms with E-state index < -0.39 is 96.0 Å².